The fourth-order valence-electron chi connectivity index (χ4n) is 1.25. The molecular weight excluding hydrogens is 299 g/mol. The molecule has 0 aliphatic carbocycles. The molecule has 1 rings (SSSR count). The van der Waals surface area contributed by atoms with Crippen LogP contribution in [0.25, 0.3) is 0 Å². The zero-order chi connectivity index (χ0) is 14.3. The molecular formula is C9H16F2N3O3PS. The molecule has 0 amide bonds. The first-order valence-corrected chi connectivity index (χ1v) is 8.28. The number of nitrogens with zero attached hydrogens (tertiary/aromatic N) is 2. The van der Waals surface area contributed by atoms with Gasteiger partial charge >= 0.3 is 7.60 Å². The lowest BCUT2D eigenvalue weighted by atomic mass is 10.7. The van der Waals surface area contributed by atoms with Gasteiger partial charge in [-0.3, -0.25) is 4.57 Å². The number of hydrogen-bond acceptors (Lipinski definition) is 7. The van der Waals surface area contributed by atoms with E-state index in [1.807, 2.05) is 0 Å². The van der Waals surface area contributed by atoms with Crippen LogP contribution >= 0.6 is 18.9 Å². The van der Waals surface area contributed by atoms with Crippen LogP contribution in [0, 0.1) is 0 Å². The van der Waals surface area contributed by atoms with Crippen LogP contribution in [0.2, 0.25) is 0 Å². The van der Waals surface area contributed by atoms with Gasteiger partial charge in [-0.05, 0) is 13.8 Å². The number of aromatic nitrogens is 2. The van der Waals surface area contributed by atoms with Gasteiger partial charge in [0.2, 0.25) is 5.13 Å². The Balaban J connectivity index is 2.45. The molecule has 0 saturated carbocycles. The van der Waals surface area contributed by atoms with E-state index < -0.39 is 14.0 Å². The quantitative estimate of drug-likeness (QED) is 0.706. The normalized spacial score (nSPS) is 12.1. The molecule has 0 unspecified atom stereocenters. The number of nitrogens with one attached hydrogen (secondary N) is 1. The van der Waals surface area contributed by atoms with Gasteiger partial charge in [0.25, 0.3) is 6.43 Å². The first-order chi connectivity index (χ1) is 9.00. The summed E-state index contributed by atoms with van der Waals surface area (Å²) >= 11 is 0.764. The zero-order valence-corrected chi connectivity index (χ0v) is 12.3. The second kappa shape index (κ2) is 7.84. The van der Waals surface area contributed by atoms with Gasteiger partial charge in [0.15, 0.2) is 5.01 Å². The van der Waals surface area contributed by atoms with E-state index in [4.69, 9.17) is 9.05 Å². The van der Waals surface area contributed by atoms with Crippen LogP contribution in [0.5, 0.6) is 0 Å². The van der Waals surface area contributed by atoms with E-state index in [0.717, 1.165) is 11.3 Å². The highest BCUT2D eigenvalue weighted by atomic mass is 32.1. The van der Waals surface area contributed by atoms with Crippen molar-refractivity contribution < 1.29 is 22.4 Å². The third-order valence-corrected chi connectivity index (χ3v) is 4.90. The summed E-state index contributed by atoms with van der Waals surface area (Å²) in [5.74, 6) is 0. The van der Waals surface area contributed by atoms with Crippen LogP contribution in [0.4, 0.5) is 13.9 Å². The van der Waals surface area contributed by atoms with E-state index in [9.17, 15) is 13.3 Å². The molecule has 0 spiro atoms. The van der Waals surface area contributed by atoms with Gasteiger partial charge in [-0.25, -0.2) is 8.78 Å². The highest BCUT2D eigenvalue weighted by Gasteiger charge is 2.23. The van der Waals surface area contributed by atoms with E-state index in [2.05, 4.69) is 15.5 Å². The summed E-state index contributed by atoms with van der Waals surface area (Å²) in [4.78, 5) is 0. The summed E-state index contributed by atoms with van der Waals surface area (Å²) in [7, 11) is -3.12. The molecule has 0 aromatic carbocycles. The Bertz CT molecular complexity index is 423. The van der Waals surface area contributed by atoms with Gasteiger partial charge in [0, 0.05) is 6.54 Å². The van der Waals surface area contributed by atoms with Crippen molar-refractivity contribution >= 4 is 24.1 Å². The standard InChI is InChI=1S/C9H16F2N3O3PS/c1-3-16-18(15,17-4-2)6-5-12-9-14-13-8(19-9)7(10)11/h7H,3-6H2,1-2H3,(H,12,14). The Morgan fingerprint density at radius 2 is 1.95 bits per heavy atom. The molecule has 6 nitrogen and oxygen atoms in total. The molecule has 0 atom stereocenters. The van der Waals surface area contributed by atoms with Gasteiger partial charge < -0.3 is 14.4 Å². The van der Waals surface area contributed by atoms with E-state index in [0.29, 0.717) is 0 Å². The third-order valence-electron chi connectivity index (χ3n) is 1.94. The SMILES string of the molecule is CCOP(=O)(CCNc1nnc(C(F)F)s1)OCC. The average Bonchev–Trinajstić information content (AvgIpc) is 2.78. The van der Waals surface area contributed by atoms with Crippen LogP contribution < -0.4 is 5.32 Å². The molecule has 10 heteroatoms. The Kier molecular flexibility index (Phi) is 6.78. The molecule has 1 aromatic rings. The van der Waals surface area contributed by atoms with Crippen LogP contribution in [0.3, 0.4) is 0 Å². The smallest absolute Gasteiger partial charge is 0.332 e. The summed E-state index contributed by atoms with van der Waals surface area (Å²) in [5, 5.41) is 9.57. The molecule has 0 aliphatic rings. The van der Waals surface area contributed by atoms with Crippen molar-refractivity contribution in [2.45, 2.75) is 20.3 Å². The summed E-state index contributed by atoms with van der Waals surface area (Å²) in [6, 6.07) is 0. The average molecular weight is 315 g/mol. The Morgan fingerprint density at radius 3 is 2.42 bits per heavy atom. The maximum Gasteiger partial charge on any atom is 0.332 e. The molecule has 1 heterocycles. The van der Waals surface area contributed by atoms with Crippen molar-refractivity contribution in [2.75, 3.05) is 31.2 Å². The summed E-state index contributed by atoms with van der Waals surface area (Å²) < 4.78 is 46.8. The molecule has 1 aromatic heterocycles. The van der Waals surface area contributed by atoms with Gasteiger partial charge in [-0.15, -0.1) is 10.2 Å². The molecule has 0 aliphatic heterocycles. The Hall–Kier alpha value is -0.630. The van der Waals surface area contributed by atoms with Crippen molar-refractivity contribution in [1.29, 1.82) is 0 Å². The zero-order valence-electron chi connectivity index (χ0n) is 10.6. The molecule has 110 valence electrons. The van der Waals surface area contributed by atoms with Crippen molar-refractivity contribution in [3.05, 3.63) is 5.01 Å². The summed E-state index contributed by atoms with van der Waals surface area (Å²) in [5.41, 5.74) is 0. The predicted molar refractivity (Wildman–Crippen MR) is 69.1 cm³/mol. The summed E-state index contributed by atoms with van der Waals surface area (Å²) in [6.07, 6.45) is -2.50. The Labute approximate surface area is 114 Å². The largest absolute Gasteiger partial charge is 0.359 e. The first-order valence-electron chi connectivity index (χ1n) is 5.74. The van der Waals surface area contributed by atoms with Crippen molar-refractivity contribution in [1.82, 2.24) is 10.2 Å². The van der Waals surface area contributed by atoms with Crippen LogP contribution in [0.1, 0.15) is 25.3 Å². The minimum atomic E-state index is -3.12. The number of alkyl halides is 2. The summed E-state index contributed by atoms with van der Waals surface area (Å²) in [6.45, 7) is 4.25. The minimum Gasteiger partial charge on any atom is -0.359 e. The second-order valence-corrected chi connectivity index (χ2v) is 6.54. The van der Waals surface area contributed by atoms with Crippen molar-refractivity contribution in [3.63, 3.8) is 0 Å². The van der Waals surface area contributed by atoms with E-state index in [1.54, 1.807) is 13.8 Å². The molecule has 1 N–H and O–H groups in total. The van der Waals surface area contributed by atoms with Crippen molar-refractivity contribution in [3.8, 4) is 0 Å². The molecule has 0 radical (unpaired) electrons. The third kappa shape index (κ3) is 5.48. The molecule has 19 heavy (non-hydrogen) atoms. The van der Waals surface area contributed by atoms with E-state index in [1.165, 1.54) is 0 Å². The first kappa shape index (κ1) is 16.4. The van der Waals surface area contributed by atoms with Gasteiger partial charge in [0.1, 0.15) is 0 Å². The highest BCUT2D eigenvalue weighted by molar-refractivity contribution is 7.53. The minimum absolute atomic E-state index is 0.137. The fourth-order valence-corrected chi connectivity index (χ4v) is 3.38. The monoisotopic (exact) mass is 315 g/mol. The Morgan fingerprint density at radius 1 is 1.32 bits per heavy atom. The number of hydrogen-bond donors (Lipinski definition) is 1. The predicted octanol–water partition coefficient (Wildman–Crippen LogP) is 3.15. The maximum absolute atomic E-state index is 12.3. The number of halogens is 2. The lowest BCUT2D eigenvalue weighted by Gasteiger charge is -2.16. The molecule has 0 fully saturated rings. The number of anilines is 1. The number of rotatable bonds is 9. The van der Waals surface area contributed by atoms with Crippen molar-refractivity contribution in [2.24, 2.45) is 0 Å². The fraction of sp³-hybridized carbons (Fsp3) is 0.778. The van der Waals surface area contributed by atoms with Crippen LogP contribution in [-0.4, -0.2) is 36.1 Å². The highest BCUT2D eigenvalue weighted by Crippen LogP contribution is 2.47. The lowest BCUT2D eigenvalue weighted by molar-refractivity contribution is 0.150. The van der Waals surface area contributed by atoms with Crippen LogP contribution in [0.15, 0.2) is 0 Å². The maximum atomic E-state index is 12.3. The van der Waals surface area contributed by atoms with Crippen LogP contribution in [-0.2, 0) is 13.6 Å². The molecule has 0 saturated heterocycles. The molecule has 0 bridgehead atoms. The van der Waals surface area contributed by atoms with Gasteiger partial charge in [-0.1, -0.05) is 11.3 Å². The van der Waals surface area contributed by atoms with E-state index >= 15 is 0 Å². The van der Waals surface area contributed by atoms with E-state index in [-0.39, 0.29) is 36.1 Å². The second-order valence-electron chi connectivity index (χ2n) is 3.34. The van der Waals surface area contributed by atoms with Gasteiger partial charge in [0.05, 0.1) is 19.4 Å². The lowest BCUT2D eigenvalue weighted by Crippen LogP contribution is -2.10. The topological polar surface area (TPSA) is 73.3 Å². The van der Waals surface area contributed by atoms with Gasteiger partial charge in [-0.2, -0.15) is 0 Å².